The van der Waals surface area contributed by atoms with Gasteiger partial charge in [-0.05, 0) is 6.92 Å². The second-order valence-corrected chi connectivity index (χ2v) is 3.27. The zero-order chi connectivity index (χ0) is 10.1. The summed E-state index contributed by atoms with van der Waals surface area (Å²) in [6.45, 7) is 1.84. The highest BCUT2D eigenvalue weighted by Gasteiger charge is 2.10. The van der Waals surface area contributed by atoms with E-state index in [0.29, 0.717) is 0 Å². The van der Waals surface area contributed by atoms with Gasteiger partial charge in [0.1, 0.15) is 5.82 Å². The van der Waals surface area contributed by atoms with Crippen LogP contribution in [0, 0.1) is 6.92 Å². The van der Waals surface area contributed by atoms with Crippen molar-refractivity contribution in [2.75, 3.05) is 0 Å². The van der Waals surface area contributed by atoms with Crippen LogP contribution in [-0.4, -0.2) is 14.7 Å². The Morgan fingerprint density at radius 1 is 1.21 bits per heavy atom. The van der Waals surface area contributed by atoms with E-state index in [-0.39, 0.29) is 5.88 Å². The molecule has 1 N–H and O–H groups in total. The van der Waals surface area contributed by atoms with Crippen molar-refractivity contribution in [3.8, 4) is 17.3 Å². The summed E-state index contributed by atoms with van der Waals surface area (Å²) in [4.78, 5) is 4.10. The third-order valence-corrected chi connectivity index (χ3v) is 2.39. The van der Waals surface area contributed by atoms with E-state index in [9.17, 15) is 5.11 Å². The average Bonchev–Trinajstić information content (AvgIpc) is 2.47. The molecule has 0 fully saturated rings. The fourth-order valence-electron chi connectivity index (χ4n) is 1.41. The number of nitrogens with zero attached hydrogens (tertiary/aromatic N) is 2. The summed E-state index contributed by atoms with van der Waals surface area (Å²) in [6, 6.07) is 9.81. The smallest absolute Gasteiger partial charge is 0.232 e. The molecule has 0 saturated heterocycles. The zero-order valence-corrected chi connectivity index (χ0v) is 8.23. The van der Waals surface area contributed by atoms with Crippen LogP contribution in [0.4, 0.5) is 0 Å². The van der Waals surface area contributed by atoms with Crippen molar-refractivity contribution in [3.63, 3.8) is 0 Å². The zero-order valence-electron chi connectivity index (χ0n) is 8.23. The van der Waals surface area contributed by atoms with Crippen LogP contribution in [0.1, 0.15) is 5.69 Å². The number of hydrogen-bond acceptors (Lipinski definition) is 2. The van der Waals surface area contributed by atoms with Gasteiger partial charge in [0.25, 0.3) is 0 Å². The van der Waals surface area contributed by atoms with Crippen LogP contribution in [0.3, 0.4) is 0 Å². The first kappa shape index (κ1) is 8.81. The Morgan fingerprint density at radius 2 is 1.86 bits per heavy atom. The van der Waals surface area contributed by atoms with E-state index in [2.05, 4.69) is 4.98 Å². The molecule has 14 heavy (non-hydrogen) atoms. The van der Waals surface area contributed by atoms with Gasteiger partial charge in [0.2, 0.25) is 5.88 Å². The van der Waals surface area contributed by atoms with Crippen molar-refractivity contribution in [3.05, 3.63) is 36.0 Å². The van der Waals surface area contributed by atoms with Gasteiger partial charge < -0.3 is 9.67 Å². The lowest BCUT2D eigenvalue weighted by atomic mass is 10.2. The van der Waals surface area contributed by atoms with E-state index in [0.717, 1.165) is 17.1 Å². The quantitative estimate of drug-likeness (QED) is 0.744. The fourth-order valence-corrected chi connectivity index (χ4v) is 1.41. The Morgan fingerprint density at radius 3 is 2.36 bits per heavy atom. The fraction of sp³-hybridized carbons (Fsp3) is 0.182. The molecule has 0 unspecified atom stereocenters. The molecular weight excluding hydrogens is 176 g/mol. The Hall–Kier alpha value is -1.77. The summed E-state index contributed by atoms with van der Waals surface area (Å²) in [5, 5.41) is 9.45. The SMILES string of the molecule is Cc1c(O)nc(-c2ccccc2)n1C. The Kier molecular flexibility index (Phi) is 2.00. The summed E-state index contributed by atoms with van der Waals surface area (Å²) in [5.74, 6) is 0.895. The summed E-state index contributed by atoms with van der Waals surface area (Å²) in [5.41, 5.74) is 1.79. The molecule has 0 atom stereocenters. The largest absolute Gasteiger partial charge is 0.492 e. The van der Waals surface area contributed by atoms with Crippen LogP contribution in [0.25, 0.3) is 11.4 Å². The van der Waals surface area contributed by atoms with E-state index in [1.807, 2.05) is 48.9 Å². The monoisotopic (exact) mass is 188 g/mol. The molecule has 0 saturated carbocycles. The van der Waals surface area contributed by atoms with Gasteiger partial charge in [0.15, 0.2) is 0 Å². The molecule has 1 heterocycles. The molecule has 0 amide bonds. The van der Waals surface area contributed by atoms with Crippen molar-refractivity contribution >= 4 is 0 Å². The van der Waals surface area contributed by atoms with Gasteiger partial charge in [0.05, 0.1) is 5.69 Å². The van der Waals surface area contributed by atoms with Gasteiger partial charge in [-0.1, -0.05) is 30.3 Å². The number of rotatable bonds is 1. The van der Waals surface area contributed by atoms with E-state index < -0.39 is 0 Å². The van der Waals surface area contributed by atoms with Crippen LogP contribution in [-0.2, 0) is 7.05 Å². The summed E-state index contributed by atoms with van der Waals surface area (Å²) in [7, 11) is 1.89. The highest BCUT2D eigenvalue weighted by Crippen LogP contribution is 2.23. The van der Waals surface area contributed by atoms with Gasteiger partial charge in [-0.25, -0.2) is 0 Å². The molecule has 1 aromatic carbocycles. The second kappa shape index (κ2) is 3.18. The third-order valence-electron chi connectivity index (χ3n) is 2.39. The lowest BCUT2D eigenvalue weighted by Gasteiger charge is -2.01. The van der Waals surface area contributed by atoms with E-state index in [1.165, 1.54) is 0 Å². The van der Waals surface area contributed by atoms with Gasteiger partial charge in [-0.3, -0.25) is 0 Å². The van der Waals surface area contributed by atoms with Crippen LogP contribution in [0.5, 0.6) is 5.88 Å². The maximum absolute atomic E-state index is 9.45. The molecule has 0 aliphatic rings. The van der Waals surface area contributed by atoms with Crippen molar-refractivity contribution in [1.82, 2.24) is 9.55 Å². The van der Waals surface area contributed by atoms with Crippen molar-refractivity contribution < 1.29 is 5.11 Å². The second-order valence-electron chi connectivity index (χ2n) is 3.27. The highest BCUT2D eigenvalue weighted by molar-refractivity contribution is 5.57. The summed E-state index contributed by atoms with van der Waals surface area (Å²) in [6.07, 6.45) is 0. The molecule has 72 valence electrons. The van der Waals surface area contributed by atoms with Crippen LogP contribution in [0.2, 0.25) is 0 Å². The highest BCUT2D eigenvalue weighted by atomic mass is 16.3. The maximum atomic E-state index is 9.45. The molecular formula is C11H12N2O. The topological polar surface area (TPSA) is 38.1 Å². The van der Waals surface area contributed by atoms with E-state index >= 15 is 0 Å². The molecule has 0 aliphatic heterocycles. The number of imidazole rings is 1. The maximum Gasteiger partial charge on any atom is 0.232 e. The summed E-state index contributed by atoms with van der Waals surface area (Å²) < 4.78 is 1.88. The van der Waals surface area contributed by atoms with Gasteiger partial charge >= 0.3 is 0 Å². The molecule has 0 aliphatic carbocycles. The van der Waals surface area contributed by atoms with Crippen molar-refractivity contribution in [1.29, 1.82) is 0 Å². The Labute approximate surface area is 82.7 Å². The molecule has 3 nitrogen and oxygen atoms in total. The van der Waals surface area contributed by atoms with Gasteiger partial charge in [0, 0.05) is 12.6 Å². The lowest BCUT2D eigenvalue weighted by Crippen LogP contribution is -1.94. The Bertz CT molecular complexity index is 446. The molecule has 0 bridgehead atoms. The van der Waals surface area contributed by atoms with Crippen molar-refractivity contribution in [2.24, 2.45) is 7.05 Å². The molecule has 0 spiro atoms. The van der Waals surface area contributed by atoms with E-state index in [1.54, 1.807) is 0 Å². The predicted octanol–water partition coefficient (Wildman–Crippen LogP) is 2.10. The first-order chi connectivity index (χ1) is 6.70. The first-order valence-corrected chi connectivity index (χ1v) is 4.48. The first-order valence-electron chi connectivity index (χ1n) is 4.48. The van der Waals surface area contributed by atoms with Gasteiger partial charge in [-0.2, -0.15) is 4.98 Å². The molecule has 2 rings (SSSR count). The van der Waals surface area contributed by atoms with E-state index in [4.69, 9.17) is 0 Å². The number of benzene rings is 1. The molecule has 3 heteroatoms. The number of hydrogen-bond donors (Lipinski definition) is 1. The third kappa shape index (κ3) is 1.27. The number of aromatic hydroxyl groups is 1. The molecule has 1 aromatic heterocycles. The predicted molar refractivity (Wildman–Crippen MR) is 55.0 cm³/mol. The van der Waals surface area contributed by atoms with Crippen LogP contribution in [0.15, 0.2) is 30.3 Å². The minimum Gasteiger partial charge on any atom is -0.492 e. The minimum absolute atomic E-state index is 0.103. The minimum atomic E-state index is 0.103. The molecule has 2 aromatic rings. The summed E-state index contributed by atoms with van der Waals surface area (Å²) >= 11 is 0. The lowest BCUT2D eigenvalue weighted by molar-refractivity contribution is 0.451. The number of aromatic nitrogens is 2. The van der Waals surface area contributed by atoms with Crippen molar-refractivity contribution in [2.45, 2.75) is 6.92 Å². The Balaban J connectivity index is 2.58. The molecule has 0 radical (unpaired) electrons. The van der Waals surface area contributed by atoms with Gasteiger partial charge in [-0.15, -0.1) is 0 Å². The average molecular weight is 188 g/mol. The van der Waals surface area contributed by atoms with Crippen LogP contribution < -0.4 is 0 Å². The normalized spacial score (nSPS) is 10.4. The van der Waals surface area contributed by atoms with Crippen LogP contribution >= 0.6 is 0 Å². The standard InChI is InChI=1S/C11H12N2O/c1-8-11(14)12-10(13(8)2)9-6-4-3-5-7-9/h3-7,14H,1-2H3.